The van der Waals surface area contributed by atoms with E-state index in [1.54, 1.807) is 0 Å². The van der Waals surface area contributed by atoms with Crippen LogP contribution in [0.3, 0.4) is 0 Å². The zero-order chi connectivity index (χ0) is 21.6. The maximum absolute atomic E-state index is 10.0. The fourth-order valence-electron chi connectivity index (χ4n) is 2.19. The summed E-state index contributed by atoms with van der Waals surface area (Å²) in [5.74, 6) is 1.63. The molecule has 8 heteroatoms. The van der Waals surface area contributed by atoms with E-state index < -0.39 is 0 Å². The van der Waals surface area contributed by atoms with Gasteiger partial charge in [0.2, 0.25) is 0 Å². The Labute approximate surface area is 199 Å². The number of ketones is 1. The van der Waals surface area contributed by atoms with Crippen LogP contribution < -0.4 is 20.1 Å². The largest absolute Gasteiger partial charge is 0.512 e. The first kappa shape index (κ1) is 27.7. The molecule has 0 aromatic heterocycles. The number of carbonyl (C=O) groups excluding carboxylic acids is 1. The molecule has 2 aromatic rings. The second-order valence-corrected chi connectivity index (χ2v) is 6.30. The monoisotopic (exact) mass is 509 g/mol. The zero-order valence-electron chi connectivity index (χ0n) is 17.6. The molecule has 0 heterocycles. The van der Waals surface area contributed by atoms with Crippen LogP contribution >= 0.6 is 12.2 Å². The van der Waals surface area contributed by atoms with Gasteiger partial charge in [-0.1, -0.05) is 0 Å². The summed E-state index contributed by atoms with van der Waals surface area (Å²) in [5, 5.41) is 15.2. The SMILES string of the molecule is CC(=O)/C=C(/C)O.CCOc1ccc(NC(=S)Nc2ccc(OCC)cc2)cc1.[Nb]. The van der Waals surface area contributed by atoms with E-state index in [0.717, 1.165) is 22.9 Å². The van der Waals surface area contributed by atoms with Gasteiger partial charge in [0, 0.05) is 39.8 Å². The van der Waals surface area contributed by atoms with Crippen molar-refractivity contribution in [2.45, 2.75) is 27.7 Å². The minimum Gasteiger partial charge on any atom is -0.512 e. The first-order valence-corrected chi connectivity index (χ1v) is 9.66. The molecule has 0 aliphatic heterocycles. The Morgan fingerprint density at radius 3 is 1.50 bits per heavy atom. The summed E-state index contributed by atoms with van der Waals surface area (Å²) in [7, 11) is 0. The number of nitrogens with one attached hydrogen (secondary N) is 2. The van der Waals surface area contributed by atoms with Crippen molar-refractivity contribution < 1.29 is 41.8 Å². The average molecular weight is 509 g/mol. The molecule has 6 nitrogen and oxygen atoms in total. The number of benzene rings is 2. The van der Waals surface area contributed by atoms with Gasteiger partial charge in [-0.15, -0.1) is 0 Å². The van der Waals surface area contributed by atoms with Crippen molar-refractivity contribution in [1.82, 2.24) is 0 Å². The molecule has 2 rings (SSSR count). The topological polar surface area (TPSA) is 79.8 Å². The third kappa shape index (κ3) is 12.3. The fourth-order valence-corrected chi connectivity index (χ4v) is 2.43. The van der Waals surface area contributed by atoms with Gasteiger partial charge < -0.3 is 25.2 Å². The molecule has 0 unspecified atom stereocenters. The van der Waals surface area contributed by atoms with Crippen molar-refractivity contribution in [3.63, 3.8) is 0 Å². The molecule has 0 saturated carbocycles. The van der Waals surface area contributed by atoms with Crippen LogP contribution in [0.2, 0.25) is 0 Å². The number of hydrogen-bond donors (Lipinski definition) is 3. The summed E-state index contributed by atoms with van der Waals surface area (Å²) in [4.78, 5) is 10.0. The summed E-state index contributed by atoms with van der Waals surface area (Å²) in [5.41, 5.74) is 1.82. The van der Waals surface area contributed by atoms with Crippen molar-refractivity contribution in [2.75, 3.05) is 23.8 Å². The fraction of sp³-hybridized carbons (Fsp3) is 0.273. The van der Waals surface area contributed by atoms with Crippen LogP contribution in [0.15, 0.2) is 60.4 Å². The summed E-state index contributed by atoms with van der Waals surface area (Å²) in [6.07, 6.45) is 1.17. The van der Waals surface area contributed by atoms with Crippen LogP contribution in [0, 0.1) is 0 Å². The third-order valence-electron chi connectivity index (χ3n) is 3.26. The molecule has 0 aliphatic carbocycles. The van der Waals surface area contributed by atoms with Crippen LogP contribution in [0.5, 0.6) is 11.5 Å². The molecule has 2 aromatic carbocycles. The van der Waals surface area contributed by atoms with Crippen LogP contribution in [0.25, 0.3) is 0 Å². The van der Waals surface area contributed by atoms with E-state index in [9.17, 15) is 4.79 Å². The zero-order valence-corrected chi connectivity index (χ0v) is 20.7. The van der Waals surface area contributed by atoms with Gasteiger partial charge in [0.15, 0.2) is 10.9 Å². The van der Waals surface area contributed by atoms with E-state index in [1.807, 2.05) is 62.4 Å². The number of anilines is 2. The normalized spacial score (nSPS) is 9.93. The van der Waals surface area contributed by atoms with Gasteiger partial charge in [-0.05, 0) is 88.4 Å². The molecule has 0 spiro atoms. The first-order chi connectivity index (χ1) is 13.8. The Kier molecular flexibility index (Phi) is 14.3. The number of hydrogen-bond acceptors (Lipinski definition) is 5. The maximum atomic E-state index is 10.0. The number of aliphatic hydroxyl groups excluding tert-OH is 1. The van der Waals surface area contributed by atoms with Gasteiger partial charge in [0.1, 0.15) is 11.5 Å². The summed E-state index contributed by atoms with van der Waals surface area (Å²) in [6, 6.07) is 15.3. The molecule has 30 heavy (non-hydrogen) atoms. The Balaban J connectivity index is 0.000000909. The van der Waals surface area contributed by atoms with E-state index in [-0.39, 0.29) is 33.9 Å². The molecule has 0 amide bonds. The molecule has 3 N–H and O–H groups in total. The number of thiocarbonyl (C=S) groups is 1. The minimum absolute atomic E-state index is 0. The number of carbonyl (C=O) groups is 1. The maximum Gasteiger partial charge on any atom is 0.175 e. The molecule has 0 saturated heterocycles. The molecular weight excluding hydrogens is 481 g/mol. The van der Waals surface area contributed by atoms with Gasteiger partial charge in [0.25, 0.3) is 0 Å². The number of allylic oxidation sites excluding steroid dienone is 2. The Morgan fingerprint density at radius 2 is 1.27 bits per heavy atom. The number of aliphatic hydroxyl groups is 1. The smallest absolute Gasteiger partial charge is 0.175 e. The van der Waals surface area contributed by atoms with Crippen LogP contribution in [0.4, 0.5) is 11.4 Å². The van der Waals surface area contributed by atoms with Crippen molar-refractivity contribution in [1.29, 1.82) is 0 Å². The first-order valence-electron chi connectivity index (χ1n) is 9.25. The Bertz CT molecular complexity index is 751. The van der Waals surface area contributed by atoms with Gasteiger partial charge in [-0.25, -0.2) is 0 Å². The van der Waals surface area contributed by atoms with Gasteiger partial charge in [-0.2, -0.15) is 0 Å². The second-order valence-electron chi connectivity index (χ2n) is 5.89. The van der Waals surface area contributed by atoms with Crippen LogP contribution in [0.1, 0.15) is 27.7 Å². The Hall–Kier alpha value is -2.32. The molecule has 0 atom stereocenters. The molecule has 1 radical (unpaired) electrons. The molecule has 0 aliphatic rings. The molecule has 0 bridgehead atoms. The Morgan fingerprint density at radius 1 is 0.900 bits per heavy atom. The van der Waals surface area contributed by atoms with E-state index in [4.69, 9.17) is 26.8 Å². The summed E-state index contributed by atoms with van der Waals surface area (Å²) < 4.78 is 10.8. The van der Waals surface area contributed by atoms with Crippen LogP contribution in [-0.2, 0) is 27.2 Å². The van der Waals surface area contributed by atoms with Crippen molar-refractivity contribution in [3.8, 4) is 11.5 Å². The van der Waals surface area contributed by atoms with E-state index in [0.29, 0.717) is 18.3 Å². The van der Waals surface area contributed by atoms with Gasteiger partial charge >= 0.3 is 0 Å². The molecular formula is C22H28N2NbO4S. The number of ether oxygens (including phenoxy) is 2. The average Bonchev–Trinajstić information content (AvgIpc) is 2.65. The molecule has 161 valence electrons. The van der Waals surface area contributed by atoms with Crippen molar-refractivity contribution >= 4 is 34.5 Å². The van der Waals surface area contributed by atoms with E-state index >= 15 is 0 Å². The summed E-state index contributed by atoms with van der Waals surface area (Å²) in [6.45, 7) is 8.08. The van der Waals surface area contributed by atoms with E-state index in [2.05, 4.69) is 10.6 Å². The second kappa shape index (κ2) is 15.5. The minimum atomic E-state index is -0.125. The van der Waals surface area contributed by atoms with Crippen LogP contribution in [-0.4, -0.2) is 29.2 Å². The third-order valence-corrected chi connectivity index (χ3v) is 3.46. The van der Waals surface area contributed by atoms with Crippen molar-refractivity contribution in [3.05, 3.63) is 60.4 Å². The standard InChI is InChI=1S/C17H20N2O2S.C5H8O2.Nb/c1-3-20-15-9-5-13(6-10-15)18-17(22)19-14-7-11-16(12-8-14)21-4-2;1-4(6)3-5(2)7;/h5-12H,3-4H2,1-2H3,(H2,18,19,22);3,6H,1-2H3;/b;4-3-;. The number of rotatable bonds is 7. The van der Waals surface area contributed by atoms with E-state index in [1.165, 1.54) is 19.9 Å². The van der Waals surface area contributed by atoms with Gasteiger partial charge in [-0.3, -0.25) is 4.79 Å². The molecule has 0 fully saturated rings. The van der Waals surface area contributed by atoms with Gasteiger partial charge in [0.05, 0.1) is 19.0 Å². The predicted molar refractivity (Wildman–Crippen MR) is 122 cm³/mol. The quantitative estimate of drug-likeness (QED) is 0.202. The summed E-state index contributed by atoms with van der Waals surface area (Å²) >= 11 is 5.30. The van der Waals surface area contributed by atoms with Crippen molar-refractivity contribution in [2.24, 2.45) is 0 Å². The predicted octanol–water partition coefficient (Wildman–Crippen LogP) is 5.33.